The molecule has 2 fully saturated rings. The lowest BCUT2D eigenvalue weighted by Gasteiger charge is -2.43. The Balaban J connectivity index is 1.52. The van der Waals surface area contributed by atoms with Gasteiger partial charge in [-0.05, 0) is 38.0 Å². The van der Waals surface area contributed by atoms with Crippen molar-refractivity contribution < 1.29 is 18.0 Å². The molecule has 6 nitrogen and oxygen atoms in total. The number of carbonyl (C=O) groups excluding carboxylic acids is 1. The Hall–Kier alpha value is -2.45. The van der Waals surface area contributed by atoms with E-state index in [1.54, 1.807) is 4.68 Å². The number of aromatic nitrogens is 4. The largest absolute Gasteiger partial charge is 0.411 e. The molecule has 3 aliphatic rings. The van der Waals surface area contributed by atoms with Crippen molar-refractivity contribution >= 4 is 5.91 Å². The summed E-state index contributed by atoms with van der Waals surface area (Å²) in [5, 5.41) is 6.57. The second-order valence-corrected chi connectivity index (χ2v) is 7.38. The first-order chi connectivity index (χ1) is 12.4. The third kappa shape index (κ3) is 2.12. The number of nitrogens with one attached hydrogen (secondary N) is 1. The zero-order valence-electron chi connectivity index (χ0n) is 13.8. The SMILES string of the molecule is O=C(NC1(C(F)(F)F)CCC1)c1nn(-c2cnccn2)c2c1CC1CC21. The van der Waals surface area contributed by atoms with Crippen LogP contribution < -0.4 is 5.32 Å². The summed E-state index contributed by atoms with van der Waals surface area (Å²) < 4.78 is 41.7. The van der Waals surface area contributed by atoms with Crippen molar-refractivity contribution in [3.8, 4) is 5.82 Å². The van der Waals surface area contributed by atoms with E-state index < -0.39 is 17.6 Å². The molecule has 2 saturated carbocycles. The van der Waals surface area contributed by atoms with Gasteiger partial charge < -0.3 is 5.32 Å². The molecule has 0 saturated heterocycles. The number of halogens is 3. The lowest BCUT2D eigenvalue weighted by Crippen LogP contribution is -2.63. The van der Waals surface area contributed by atoms with Crippen molar-refractivity contribution in [3.63, 3.8) is 0 Å². The van der Waals surface area contributed by atoms with Gasteiger partial charge in [-0.1, -0.05) is 0 Å². The van der Waals surface area contributed by atoms with Crippen LogP contribution in [-0.4, -0.2) is 37.4 Å². The van der Waals surface area contributed by atoms with Crippen molar-refractivity contribution in [2.75, 3.05) is 0 Å². The van der Waals surface area contributed by atoms with Crippen molar-refractivity contribution in [3.05, 3.63) is 35.5 Å². The minimum Gasteiger partial charge on any atom is -0.336 e. The van der Waals surface area contributed by atoms with Gasteiger partial charge in [0.1, 0.15) is 5.54 Å². The quantitative estimate of drug-likeness (QED) is 0.910. The number of nitrogens with zero attached hydrogens (tertiary/aromatic N) is 4. The Bertz CT molecular complexity index is 888. The van der Waals surface area contributed by atoms with Gasteiger partial charge >= 0.3 is 6.18 Å². The molecule has 2 heterocycles. The fourth-order valence-corrected chi connectivity index (χ4v) is 4.16. The first-order valence-corrected chi connectivity index (χ1v) is 8.67. The van der Waals surface area contributed by atoms with Crippen molar-refractivity contribution in [2.45, 2.75) is 49.7 Å². The van der Waals surface area contributed by atoms with E-state index in [9.17, 15) is 18.0 Å². The lowest BCUT2D eigenvalue weighted by molar-refractivity contribution is -0.215. The highest BCUT2D eigenvalue weighted by atomic mass is 19.4. The molecule has 9 heteroatoms. The Kier molecular flexibility index (Phi) is 3.06. The number of alkyl halides is 3. The van der Waals surface area contributed by atoms with Gasteiger partial charge in [-0.15, -0.1) is 0 Å². The van der Waals surface area contributed by atoms with E-state index in [0.717, 1.165) is 17.7 Å². The predicted molar refractivity (Wildman–Crippen MR) is 83.8 cm³/mol. The normalized spacial score (nSPS) is 25.2. The van der Waals surface area contributed by atoms with Crippen LogP contribution in [-0.2, 0) is 6.42 Å². The fourth-order valence-electron chi connectivity index (χ4n) is 4.16. The lowest BCUT2D eigenvalue weighted by atomic mass is 9.76. The highest BCUT2D eigenvalue weighted by Gasteiger charge is 2.60. The molecule has 2 unspecified atom stereocenters. The third-order valence-electron chi connectivity index (χ3n) is 5.85. The molecule has 26 heavy (non-hydrogen) atoms. The van der Waals surface area contributed by atoms with Crippen LogP contribution in [0.15, 0.2) is 18.6 Å². The van der Waals surface area contributed by atoms with Gasteiger partial charge in [-0.25, -0.2) is 9.67 Å². The van der Waals surface area contributed by atoms with E-state index in [0.29, 0.717) is 30.5 Å². The number of amides is 1. The number of hydrogen-bond donors (Lipinski definition) is 1. The van der Waals surface area contributed by atoms with Crippen LogP contribution in [0, 0.1) is 5.92 Å². The average Bonchev–Trinajstić information content (AvgIpc) is 3.07. The van der Waals surface area contributed by atoms with E-state index in [-0.39, 0.29) is 18.5 Å². The smallest absolute Gasteiger partial charge is 0.336 e. The molecule has 2 atom stereocenters. The summed E-state index contributed by atoms with van der Waals surface area (Å²) in [6.45, 7) is 0. The summed E-state index contributed by atoms with van der Waals surface area (Å²) >= 11 is 0. The van der Waals surface area contributed by atoms with Crippen LogP contribution in [0.25, 0.3) is 5.82 Å². The van der Waals surface area contributed by atoms with Crippen LogP contribution in [0.5, 0.6) is 0 Å². The summed E-state index contributed by atoms with van der Waals surface area (Å²) in [7, 11) is 0. The molecule has 0 spiro atoms. The summed E-state index contributed by atoms with van der Waals surface area (Å²) in [6, 6.07) is 0. The highest BCUT2D eigenvalue weighted by Crippen LogP contribution is 2.57. The molecule has 5 rings (SSSR count). The first-order valence-electron chi connectivity index (χ1n) is 8.67. The zero-order chi connectivity index (χ0) is 18.1. The fraction of sp³-hybridized carbons (Fsp3) is 0.529. The second-order valence-electron chi connectivity index (χ2n) is 7.38. The molecule has 2 aromatic rings. The molecule has 0 aromatic carbocycles. The minimum absolute atomic E-state index is 0.0828. The predicted octanol–water partition coefficient (Wildman–Crippen LogP) is 2.54. The number of carbonyl (C=O) groups is 1. The summed E-state index contributed by atoms with van der Waals surface area (Å²) in [6.07, 6.45) is 2.12. The van der Waals surface area contributed by atoms with E-state index in [2.05, 4.69) is 20.4 Å². The van der Waals surface area contributed by atoms with E-state index >= 15 is 0 Å². The number of hydrogen-bond acceptors (Lipinski definition) is 4. The van der Waals surface area contributed by atoms with E-state index in [1.165, 1.54) is 18.6 Å². The topological polar surface area (TPSA) is 72.7 Å². The maximum absolute atomic E-state index is 13.4. The van der Waals surface area contributed by atoms with Crippen molar-refractivity contribution in [1.29, 1.82) is 0 Å². The molecule has 0 bridgehead atoms. The van der Waals surface area contributed by atoms with E-state index in [1.807, 2.05) is 0 Å². The maximum atomic E-state index is 13.4. The van der Waals surface area contributed by atoms with Gasteiger partial charge in [-0.2, -0.15) is 18.3 Å². The first kappa shape index (κ1) is 15.8. The number of rotatable bonds is 3. The minimum atomic E-state index is -4.46. The van der Waals surface area contributed by atoms with Gasteiger partial charge in [0.25, 0.3) is 5.91 Å². The Morgan fingerprint density at radius 3 is 2.73 bits per heavy atom. The molecular weight excluding hydrogens is 347 g/mol. The monoisotopic (exact) mass is 363 g/mol. The van der Waals surface area contributed by atoms with Crippen LogP contribution in [0.3, 0.4) is 0 Å². The second kappa shape index (κ2) is 5.05. The Labute approximate surface area is 146 Å². The molecule has 2 aromatic heterocycles. The molecule has 0 aliphatic heterocycles. The van der Waals surface area contributed by atoms with Gasteiger partial charge in [0.05, 0.1) is 11.9 Å². The standard InChI is InChI=1S/C17H16F3N5O/c18-17(19,20)16(2-1-3-16)23-15(26)13-11-7-9-6-10(9)14(11)25(24-13)12-8-21-4-5-22-12/h4-5,8-10H,1-3,6-7H2,(H,23,26). The molecule has 1 N–H and O–H groups in total. The summed E-state index contributed by atoms with van der Waals surface area (Å²) in [4.78, 5) is 20.9. The Morgan fingerprint density at radius 2 is 2.12 bits per heavy atom. The van der Waals surface area contributed by atoms with Crippen LogP contribution in [0.4, 0.5) is 13.2 Å². The molecule has 0 radical (unpaired) electrons. The summed E-state index contributed by atoms with van der Waals surface area (Å²) in [5.74, 6) is 0.492. The number of fused-ring (bicyclic) bond motifs is 3. The van der Waals surface area contributed by atoms with Crippen molar-refractivity contribution in [1.82, 2.24) is 25.1 Å². The van der Waals surface area contributed by atoms with Crippen LogP contribution >= 0.6 is 0 Å². The van der Waals surface area contributed by atoms with Gasteiger partial charge in [0, 0.05) is 23.9 Å². The van der Waals surface area contributed by atoms with Gasteiger partial charge in [-0.3, -0.25) is 9.78 Å². The van der Waals surface area contributed by atoms with Crippen molar-refractivity contribution in [2.24, 2.45) is 5.92 Å². The van der Waals surface area contributed by atoms with E-state index in [4.69, 9.17) is 0 Å². The molecule has 3 aliphatic carbocycles. The Morgan fingerprint density at radius 1 is 1.31 bits per heavy atom. The highest BCUT2D eigenvalue weighted by molar-refractivity contribution is 5.95. The van der Waals surface area contributed by atoms with Gasteiger partial charge in [0.15, 0.2) is 11.5 Å². The average molecular weight is 363 g/mol. The van der Waals surface area contributed by atoms with Crippen LogP contribution in [0.2, 0.25) is 0 Å². The van der Waals surface area contributed by atoms with Crippen LogP contribution in [0.1, 0.15) is 53.3 Å². The zero-order valence-corrected chi connectivity index (χ0v) is 13.8. The maximum Gasteiger partial charge on any atom is 0.411 e. The molecular formula is C17H16F3N5O. The molecule has 1 amide bonds. The molecule has 136 valence electrons. The summed E-state index contributed by atoms with van der Waals surface area (Å²) in [5.41, 5.74) is -0.371. The van der Waals surface area contributed by atoms with Gasteiger partial charge in [0.2, 0.25) is 0 Å². The third-order valence-corrected chi connectivity index (χ3v) is 5.85.